The van der Waals surface area contributed by atoms with Crippen LogP contribution in [0.5, 0.6) is 0 Å². The third-order valence-electron chi connectivity index (χ3n) is 3.75. The minimum Gasteiger partial charge on any atom is -0.296 e. The topological polar surface area (TPSA) is 54.9 Å². The molecule has 3 rings (SSSR count). The lowest BCUT2D eigenvalue weighted by atomic mass is 9.87. The van der Waals surface area contributed by atoms with E-state index < -0.39 is 0 Å². The maximum atomic E-state index is 12.2. The standard InChI is InChI=1S/C19H18ClN3OS/c1-19(2,3)14-8-4-13(5-9-14)17-22-23-18(25-17)21-16(24)12-6-10-15(20)11-7-12/h4-11H,1-3H3,(H,21,23,24). The summed E-state index contributed by atoms with van der Waals surface area (Å²) in [6, 6.07) is 15.0. The van der Waals surface area contributed by atoms with E-state index in [1.165, 1.54) is 16.9 Å². The molecule has 0 aliphatic carbocycles. The molecule has 0 fully saturated rings. The Morgan fingerprint density at radius 3 is 2.24 bits per heavy atom. The van der Waals surface area contributed by atoms with Crippen molar-refractivity contribution < 1.29 is 4.79 Å². The fraction of sp³-hybridized carbons (Fsp3) is 0.211. The van der Waals surface area contributed by atoms with Gasteiger partial charge in [0.1, 0.15) is 5.01 Å². The molecule has 0 spiro atoms. The van der Waals surface area contributed by atoms with Crippen LogP contribution < -0.4 is 5.32 Å². The molecule has 128 valence electrons. The molecule has 0 bridgehead atoms. The lowest BCUT2D eigenvalue weighted by molar-refractivity contribution is 0.102. The largest absolute Gasteiger partial charge is 0.296 e. The van der Waals surface area contributed by atoms with Gasteiger partial charge in [-0.1, -0.05) is 68.0 Å². The Hall–Kier alpha value is -2.24. The molecule has 0 aliphatic heterocycles. The van der Waals surface area contributed by atoms with Gasteiger partial charge in [-0.15, -0.1) is 10.2 Å². The Balaban J connectivity index is 1.74. The van der Waals surface area contributed by atoms with E-state index in [4.69, 9.17) is 11.6 Å². The van der Waals surface area contributed by atoms with Gasteiger partial charge >= 0.3 is 0 Å². The smallest absolute Gasteiger partial charge is 0.257 e. The van der Waals surface area contributed by atoms with Crippen molar-refractivity contribution in [3.05, 3.63) is 64.7 Å². The second-order valence-electron chi connectivity index (χ2n) is 6.70. The third kappa shape index (κ3) is 4.24. The molecule has 0 aliphatic rings. The molecule has 2 aromatic carbocycles. The average Bonchev–Trinajstić information content (AvgIpc) is 3.03. The van der Waals surface area contributed by atoms with E-state index >= 15 is 0 Å². The highest BCUT2D eigenvalue weighted by Crippen LogP contribution is 2.29. The monoisotopic (exact) mass is 371 g/mol. The van der Waals surface area contributed by atoms with E-state index in [0.29, 0.717) is 15.7 Å². The van der Waals surface area contributed by atoms with Gasteiger partial charge < -0.3 is 0 Å². The molecule has 0 unspecified atom stereocenters. The van der Waals surface area contributed by atoms with Crippen molar-refractivity contribution in [1.29, 1.82) is 0 Å². The molecular weight excluding hydrogens is 354 g/mol. The average molecular weight is 372 g/mol. The van der Waals surface area contributed by atoms with Crippen molar-refractivity contribution in [3.8, 4) is 10.6 Å². The van der Waals surface area contributed by atoms with Gasteiger partial charge in [0.25, 0.3) is 5.91 Å². The molecule has 1 heterocycles. The number of aromatic nitrogens is 2. The first-order valence-electron chi connectivity index (χ1n) is 7.84. The van der Waals surface area contributed by atoms with Crippen molar-refractivity contribution in [3.63, 3.8) is 0 Å². The number of nitrogens with zero attached hydrogens (tertiary/aromatic N) is 2. The maximum Gasteiger partial charge on any atom is 0.257 e. The van der Waals surface area contributed by atoms with E-state index in [9.17, 15) is 4.79 Å². The van der Waals surface area contributed by atoms with Crippen LogP contribution in [0.3, 0.4) is 0 Å². The Bertz CT molecular complexity index is 880. The van der Waals surface area contributed by atoms with E-state index in [1.807, 2.05) is 12.1 Å². The summed E-state index contributed by atoms with van der Waals surface area (Å²) in [6.07, 6.45) is 0. The normalized spacial score (nSPS) is 11.4. The molecule has 3 aromatic rings. The Morgan fingerprint density at radius 1 is 1.00 bits per heavy atom. The summed E-state index contributed by atoms with van der Waals surface area (Å²) < 4.78 is 0. The lowest BCUT2D eigenvalue weighted by Crippen LogP contribution is -2.11. The minimum atomic E-state index is -0.234. The Kier molecular flexibility index (Phi) is 4.88. The van der Waals surface area contributed by atoms with E-state index in [-0.39, 0.29) is 11.3 Å². The summed E-state index contributed by atoms with van der Waals surface area (Å²) in [5.74, 6) is -0.234. The highest BCUT2D eigenvalue weighted by molar-refractivity contribution is 7.18. The van der Waals surface area contributed by atoms with Crippen molar-refractivity contribution in [1.82, 2.24) is 10.2 Å². The maximum absolute atomic E-state index is 12.2. The number of carbonyl (C=O) groups is 1. The summed E-state index contributed by atoms with van der Waals surface area (Å²) in [5, 5.41) is 12.8. The van der Waals surface area contributed by atoms with Crippen molar-refractivity contribution in [2.75, 3.05) is 5.32 Å². The van der Waals surface area contributed by atoms with Gasteiger partial charge in [-0.25, -0.2) is 0 Å². The number of nitrogens with one attached hydrogen (secondary N) is 1. The second-order valence-corrected chi connectivity index (χ2v) is 8.11. The summed E-state index contributed by atoms with van der Waals surface area (Å²) >= 11 is 7.18. The fourth-order valence-corrected chi connectivity index (χ4v) is 3.14. The highest BCUT2D eigenvalue weighted by atomic mass is 35.5. The third-order valence-corrected chi connectivity index (χ3v) is 4.89. The number of amides is 1. The van der Waals surface area contributed by atoms with Crippen LogP contribution in [0.15, 0.2) is 48.5 Å². The van der Waals surface area contributed by atoms with Gasteiger partial charge in [0.15, 0.2) is 0 Å². The minimum absolute atomic E-state index is 0.109. The first-order valence-corrected chi connectivity index (χ1v) is 9.04. The van der Waals surface area contributed by atoms with Crippen LogP contribution >= 0.6 is 22.9 Å². The zero-order chi connectivity index (χ0) is 18.0. The zero-order valence-corrected chi connectivity index (χ0v) is 15.8. The van der Waals surface area contributed by atoms with E-state index in [0.717, 1.165) is 10.6 Å². The lowest BCUT2D eigenvalue weighted by Gasteiger charge is -2.18. The van der Waals surface area contributed by atoms with Crippen LogP contribution in [0.1, 0.15) is 36.7 Å². The van der Waals surface area contributed by atoms with Gasteiger partial charge in [-0.3, -0.25) is 10.1 Å². The van der Waals surface area contributed by atoms with Crippen molar-refractivity contribution in [2.45, 2.75) is 26.2 Å². The van der Waals surface area contributed by atoms with Gasteiger partial charge in [-0.2, -0.15) is 0 Å². The molecule has 1 aromatic heterocycles. The van der Waals surface area contributed by atoms with Crippen LogP contribution in [0.4, 0.5) is 5.13 Å². The molecule has 0 radical (unpaired) electrons. The van der Waals surface area contributed by atoms with Crippen LogP contribution in [0.25, 0.3) is 10.6 Å². The molecule has 0 atom stereocenters. The first kappa shape index (κ1) is 17.6. The molecule has 1 N–H and O–H groups in total. The molecule has 0 saturated carbocycles. The second kappa shape index (κ2) is 6.94. The number of hydrogen-bond acceptors (Lipinski definition) is 4. The number of hydrogen-bond donors (Lipinski definition) is 1. The summed E-state index contributed by atoms with van der Waals surface area (Å²) in [4.78, 5) is 12.2. The number of halogens is 1. The van der Waals surface area contributed by atoms with Gasteiger partial charge in [0, 0.05) is 16.1 Å². The van der Waals surface area contributed by atoms with Crippen LogP contribution in [-0.4, -0.2) is 16.1 Å². The predicted molar refractivity (Wildman–Crippen MR) is 103 cm³/mol. The Morgan fingerprint density at radius 2 is 1.64 bits per heavy atom. The molecule has 1 amide bonds. The SMILES string of the molecule is CC(C)(C)c1ccc(-c2nnc(NC(=O)c3ccc(Cl)cc3)s2)cc1. The van der Waals surface area contributed by atoms with Gasteiger partial charge in [-0.05, 0) is 35.2 Å². The number of anilines is 1. The highest BCUT2D eigenvalue weighted by Gasteiger charge is 2.15. The molecule has 0 saturated heterocycles. The van der Waals surface area contributed by atoms with E-state index in [2.05, 4.69) is 48.4 Å². The van der Waals surface area contributed by atoms with Crippen LogP contribution in [-0.2, 0) is 5.41 Å². The number of carbonyl (C=O) groups excluding carboxylic acids is 1. The Labute approximate surface area is 155 Å². The predicted octanol–water partition coefficient (Wildman–Crippen LogP) is 5.41. The molecule has 4 nitrogen and oxygen atoms in total. The van der Waals surface area contributed by atoms with Crippen LogP contribution in [0, 0.1) is 0 Å². The summed E-state index contributed by atoms with van der Waals surface area (Å²) in [5.41, 5.74) is 2.88. The quantitative estimate of drug-likeness (QED) is 0.669. The van der Waals surface area contributed by atoms with Crippen molar-refractivity contribution in [2.24, 2.45) is 0 Å². The molecule has 6 heteroatoms. The van der Waals surface area contributed by atoms with Crippen LogP contribution in [0.2, 0.25) is 5.02 Å². The number of rotatable bonds is 3. The molecule has 25 heavy (non-hydrogen) atoms. The van der Waals surface area contributed by atoms with Gasteiger partial charge in [0.2, 0.25) is 5.13 Å². The molecular formula is C19H18ClN3OS. The summed E-state index contributed by atoms with van der Waals surface area (Å²) in [6.45, 7) is 6.53. The fourth-order valence-electron chi connectivity index (χ4n) is 2.27. The van der Waals surface area contributed by atoms with Crippen molar-refractivity contribution >= 4 is 34.0 Å². The first-order chi connectivity index (χ1) is 11.8. The number of benzene rings is 2. The van der Waals surface area contributed by atoms with E-state index in [1.54, 1.807) is 24.3 Å². The van der Waals surface area contributed by atoms with Gasteiger partial charge in [0.05, 0.1) is 0 Å². The zero-order valence-electron chi connectivity index (χ0n) is 14.2. The summed E-state index contributed by atoms with van der Waals surface area (Å²) in [7, 11) is 0.